The first-order chi connectivity index (χ1) is 5.99. The molecule has 4 nitrogen and oxygen atoms in total. The van der Waals surface area contributed by atoms with Crippen LogP contribution < -0.4 is 10.6 Å². The summed E-state index contributed by atoms with van der Waals surface area (Å²) in [5.41, 5.74) is -0.170. The molecule has 0 radical (unpaired) electrons. The predicted molar refractivity (Wildman–Crippen MR) is 50.5 cm³/mol. The summed E-state index contributed by atoms with van der Waals surface area (Å²) in [7, 11) is 0. The highest BCUT2D eigenvalue weighted by atomic mass is 16.5. The lowest BCUT2D eigenvalue weighted by Gasteiger charge is -2.27. The number of rotatable bonds is 1. The minimum absolute atomic E-state index is 0.0206. The highest BCUT2D eigenvalue weighted by Gasteiger charge is 2.24. The molecule has 0 aromatic heterocycles. The van der Waals surface area contributed by atoms with Gasteiger partial charge in [0, 0.05) is 12.1 Å². The molecule has 76 valence electrons. The van der Waals surface area contributed by atoms with E-state index in [1.165, 1.54) is 0 Å². The monoisotopic (exact) mass is 186 g/mol. The van der Waals surface area contributed by atoms with Crippen molar-refractivity contribution in [3.05, 3.63) is 0 Å². The average Bonchev–Trinajstić information content (AvgIpc) is 2.03. The summed E-state index contributed by atoms with van der Waals surface area (Å²) in [6.45, 7) is 7.82. The van der Waals surface area contributed by atoms with Crippen LogP contribution in [0, 0.1) is 0 Å². The van der Waals surface area contributed by atoms with Gasteiger partial charge >= 0.3 is 0 Å². The van der Waals surface area contributed by atoms with Gasteiger partial charge in [-0.1, -0.05) is 0 Å². The molecule has 0 aromatic carbocycles. The summed E-state index contributed by atoms with van der Waals surface area (Å²) in [6, 6.07) is -0.187. The molecule has 1 heterocycles. The van der Waals surface area contributed by atoms with E-state index in [2.05, 4.69) is 10.6 Å². The third-order valence-corrected chi connectivity index (χ3v) is 1.74. The zero-order chi connectivity index (χ0) is 9.90. The third-order valence-electron chi connectivity index (χ3n) is 1.74. The van der Waals surface area contributed by atoms with Gasteiger partial charge in [0.15, 0.2) is 0 Å². The minimum Gasteiger partial charge on any atom is -0.378 e. The van der Waals surface area contributed by atoms with E-state index < -0.39 is 0 Å². The average molecular weight is 186 g/mol. The summed E-state index contributed by atoms with van der Waals surface area (Å²) >= 11 is 0. The summed E-state index contributed by atoms with van der Waals surface area (Å²) in [5, 5.41) is 6.01. The van der Waals surface area contributed by atoms with Gasteiger partial charge in [-0.05, 0) is 20.8 Å². The van der Waals surface area contributed by atoms with Gasteiger partial charge in [-0.2, -0.15) is 0 Å². The first-order valence-electron chi connectivity index (χ1n) is 4.62. The molecular weight excluding hydrogens is 168 g/mol. The fraction of sp³-hybridized carbons (Fsp3) is 0.889. The van der Waals surface area contributed by atoms with E-state index in [1.54, 1.807) is 0 Å². The molecule has 4 heteroatoms. The summed E-state index contributed by atoms with van der Waals surface area (Å²) < 4.78 is 5.19. The molecule has 1 rings (SSSR count). The SMILES string of the molecule is CC(C)(C)NC(=O)[C@@H]1COCCN1. The molecule has 1 amide bonds. The van der Waals surface area contributed by atoms with Crippen LogP contribution in [0.15, 0.2) is 0 Å². The fourth-order valence-electron chi connectivity index (χ4n) is 1.19. The molecule has 1 atom stereocenters. The van der Waals surface area contributed by atoms with Gasteiger partial charge in [-0.15, -0.1) is 0 Å². The maximum atomic E-state index is 11.6. The van der Waals surface area contributed by atoms with Crippen molar-refractivity contribution in [1.82, 2.24) is 10.6 Å². The van der Waals surface area contributed by atoms with Crippen molar-refractivity contribution in [1.29, 1.82) is 0 Å². The zero-order valence-corrected chi connectivity index (χ0v) is 8.52. The van der Waals surface area contributed by atoms with Crippen molar-refractivity contribution in [3.63, 3.8) is 0 Å². The summed E-state index contributed by atoms with van der Waals surface area (Å²) in [6.07, 6.45) is 0. The Kier molecular flexibility index (Phi) is 3.27. The Hall–Kier alpha value is -0.610. The third kappa shape index (κ3) is 3.74. The van der Waals surface area contributed by atoms with E-state index >= 15 is 0 Å². The van der Waals surface area contributed by atoms with Gasteiger partial charge in [-0.25, -0.2) is 0 Å². The summed E-state index contributed by atoms with van der Waals surface area (Å²) in [5.74, 6) is 0.0206. The number of ether oxygens (including phenoxy) is 1. The lowest BCUT2D eigenvalue weighted by atomic mass is 10.1. The van der Waals surface area contributed by atoms with E-state index in [4.69, 9.17) is 4.74 Å². The number of carbonyl (C=O) groups is 1. The second kappa shape index (κ2) is 4.07. The van der Waals surface area contributed by atoms with Gasteiger partial charge in [0.25, 0.3) is 0 Å². The molecule has 0 aliphatic carbocycles. The van der Waals surface area contributed by atoms with Crippen LogP contribution in [0.25, 0.3) is 0 Å². The van der Waals surface area contributed by atoms with Crippen LogP contribution in [0.1, 0.15) is 20.8 Å². The van der Waals surface area contributed by atoms with Crippen molar-refractivity contribution in [2.24, 2.45) is 0 Å². The number of hydrogen-bond donors (Lipinski definition) is 2. The maximum Gasteiger partial charge on any atom is 0.239 e. The quantitative estimate of drug-likeness (QED) is 0.600. The second-order valence-electron chi connectivity index (χ2n) is 4.32. The van der Waals surface area contributed by atoms with Crippen LogP contribution in [0.2, 0.25) is 0 Å². The molecule has 1 aliphatic heterocycles. The standard InChI is InChI=1S/C9H18N2O2/c1-9(2,3)11-8(12)7-6-13-5-4-10-7/h7,10H,4-6H2,1-3H3,(H,11,12)/t7-/m0/s1. The van der Waals surface area contributed by atoms with Crippen LogP contribution >= 0.6 is 0 Å². The predicted octanol–water partition coefficient (Wildman–Crippen LogP) is -0.110. The van der Waals surface area contributed by atoms with E-state index in [0.717, 1.165) is 6.54 Å². The molecule has 0 spiro atoms. The molecule has 0 saturated carbocycles. The van der Waals surface area contributed by atoms with Crippen molar-refractivity contribution >= 4 is 5.91 Å². The van der Waals surface area contributed by atoms with E-state index in [-0.39, 0.29) is 17.5 Å². The molecule has 0 unspecified atom stereocenters. The number of hydrogen-bond acceptors (Lipinski definition) is 3. The van der Waals surface area contributed by atoms with Crippen molar-refractivity contribution in [2.45, 2.75) is 32.4 Å². The normalized spacial score (nSPS) is 24.1. The fourth-order valence-corrected chi connectivity index (χ4v) is 1.19. The van der Waals surface area contributed by atoms with Crippen LogP contribution in [-0.4, -0.2) is 37.2 Å². The molecule has 1 aliphatic rings. The Morgan fingerprint density at radius 3 is 2.69 bits per heavy atom. The lowest BCUT2D eigenvalue weighted by Crippen LogP contribution is -2.55. The smallest absolute Gasteiger partial charge is 0.239 e. The first-order valence-corrected chi connectivity index (χ1v) is 4.62. The van der Waals surface area contributed by atoms with Crippen LogP contribution in [0.4, 0.5) is 0 Å². The van der Waals surface area contributed by atoms with Crippen LogP contribution in [-0.2, 0) is 9.53 Å². The topological polar surface area (TPSA) is 50.4 Å². The first kappa shape index (κ1) is 10.5. The van der Waals surface area contributed by atoms with Crippen LogP contribution in [0.3, 0.4) is 0 Å². The van der Waals surface area contributed by atoms with E-state index in [1.807, 2.05) is 20.8 Å². The van der Waals surface area contributed by atoms with Gasteiger partial charge in [-0.3, -0.25) is 4.79 Å². The van der Waals surface area contributed by atoms with Crippen molar-refractivity contribution in [2.75, 3.05) is 19.8 Å². The number of nitrogens with one attached hydrogen (secondary N) is 2. The Bertz CT molecular complexity index is 181. The highest BCUT2D eigenvalue weighted by molar-refractivity contribution is 5.82. The zero-order valence-electron chi connectivity index (χ0n) is 8.52. The van der Waals surface area contributed by atoms with E-state index in [0.29, 0.717) is 13.2 Å². The van der Waals surface area contributed by atoms with Crippen molar-refractivity contribution < 1.29 is 9.53 Å². The van der Waals surface area contributed by atoms with Crippen LogP contribution in [0.5, 0.6) is 0 Å². The van der Waals surface area contributed by atoms with Gasteiger partial charge in [0.1, 0.15) is 6.04 Å². The van der Waals surface area contributed by atoms with Crippen molar-refractivity contribution in [3.8, 4) is 0 Å². The largest absolute Gasteiger partial charge is 0.378 e. The minimum atomic E-state index is -0.187. The summed E-state index contributed by atoms with van der Waals surface area (Å²) in [4.78, 5) is 11.6. The molecule has 1 fully saturated rings. The van der Waals surface area contributed by atoms with Gasteiger partial charge < -0.3 is 15.4 Å². The number of carbonyl (C=O) groups excluding carboxylic acids is 1. The lowest BCUT2D eigenvalue weighted by molar-refractivity contribution is -0.127. The Morgan fingerprint density at radius 2 is 2.23 bits per heavy atom. The van der Waals surface area contributed by atoms with Gasteiger partial charge in [0.05, 0.1) is 13.2 Å². The number of morpholine rings is 1. The molecule has 2 N–H and O–H groups in total. The highest BCUT2D eigenvalue weighted by Crippen LogP contribution is 2.01. The molecule has 13 heavy (non-hydrogen) atoms. The molecule has 0 aromatic rings. The Balaban J connectivity index is 2.38. The van der Waals surface area contributed by atoms with Gasteiger partial charge in [0.2, 0.25) is 5.91 Å². The second-order valence-corrected chi connectivity index (χ2v) is 4.32. The maximum absolute atomic E-state index is 11.6. The molecular formula is C9H18N2O2. The Labute approximate surface area is 79.0 Å². The Morgan fingerprint density at radius 1 is 1.54 bits per heavy atom. The van der Waals surface area contributed by atoms with E-state index in [9.17, 15) is 4.79 Å². The number of amides is 1. The molecule has 1 saturated heterocycles. The molecule has 0 bridgehead atoms.